The summed E-state index contributed by atoms with van der Waals surface area (Å²) in [7, 11) is 0. The molecule has 0 unspecified atom stereocenters. The largest absolute Gasteiger partial charge is 0.488 e. The van der Waals surface area contributed by atoms with Crippen molar-refractivity contribution in [1.82, 2.24) is 9.78 Å². The van der Waals surface area contributed by atoms with Gasteiger partial charge >= 0.3 is 11.9 Å². The SMILES string of the molecule is O=C(O)c1cccc(-n2nc(C(=O)O)cc2-c2cc(Cl)ccc2OCc2ccccc2)c1. The average molecular weight is 449 g/mol. The number of carbonyl (C=O) groups is 2. The summed E-state index contributed by atoms with van der Waals surface area (Å²) in [5.41, 5.74) is 2.12. The van der Waals surface area contributed by atoms with Gasteiger partial charge in [-0.3, -0.25) is 0 Å². The van der Waals surface area contributed by atoms with E-state index in [0.717, 1.165) is 5.56 Å². The maximum absolute atomic E-state index is 11.6. The molecular formula is C24H17ClN2O5. The molecule has 4 rings (SSSR count). The molecule has 1 aromatic heterocycles. The van der Waals surface area contributed by atoms with Crippen molar-refractivity contribution in [3.63, 3.8) is 0 Å². The third kappa shape index (κ3) is 4.48. The molecule has 0 aliphatic carbocycles. The van der Waals surface area contributed by atoms with E-state index in [1.54, 1.807) is 30.3 Å². The molecule has 32 heavy (non-hydrogen) atoms. The number of aromatic nitrogens is 2. The predicted octanol–water partition coefficient (Wildman–Crippen LogP) is 5.17. The van der Waals surface area contributed by atoms with Crippen molar-refractivity contribution in [2.24, 2.45) is 0 Å². The number of hydrogen-bond donors (Lipinski definition) is 2. The van der Waals surface area contributed by atoms with Gasteiger partial charge in [-0.25, -0.2) is 14.3 Å². The Morgan fingerprint density at radius 2 is 1.69 bits per heavy atom. The minimum absolute atomic E-state index is 0.0486. The number of hydrogen-bond acceptors (Lipinski definition) is 4. The van der Waals surface area contributed by atoms with Gasteiger partial charge in [0, 0.05) is 10.6 Å². The summed E-state index contributed by atoms with van der Waals surface area (Å²) in [5, 5.41) is 23.4. The number of halogens is 1. The Hall–Kier alpha value is -4.10. The van der Waals surface area contributed by atoms with Gasteiger partial charge in [0.2, 0.25) is 0 Å². The molecular weight excluding hydrogens is 432 g/mol. The Balaban J connectivity index is 1.82. The van der Waals surface area contributed by atoms with Crippen molar-refractivity contribution in [2.45, 2.75) is 6.61 Å². The number of nitrogens with zero attached hydrogens (tertiary/aromatic N) is 2. The lowest BCUT2D eigenvalue weighted by Crippen LogP contribution is -2.05. The first kappa shape index (κ1) is 21.1. The minimum Gasteiger partial charge on any atom is -0.488 e. The standard InChI is InChI=1S/C24H17ClN2O5/c25-17-9-10-22(32-14-15-5-2-1-3-6-15)19(12-17)21-13-20(24(30)31)26-27(21)18-8-4-7-16(11-18)23(28)29/h1-13H,14H2,(H,28,29)(H,30,31). The van der Waals surface area contributed by atoms with Gasteiger partial charge in [-0.05, 0) is 48.0 Å². The van der Waals surface area contributed by atoms with E-state index >= 15 is 0 Å². The van der Waals surface area contributed by atoms with Crippen LogP contribution < -0.4 is 4.74 Å². The van der Waals surface area contributed by atoms with Crippen LogP contribution in [0.4, 0.5) is 0 Å². The number of benzene rings is 3. The quantitative estimate of drug-likeness (QED) is 0.404. The normalized spacial score (nSPS) is 10.7. The fourth-order valence-corrected chi connectivity index (χ4v) is 3.38. The van der Waals surface area contributed by atoms with Crippen LogP contribution in [0.3, 0.4) is 0 Å². The second-order valence-electron chi connectivity index (χ2n) is 6.90. The van der Waals surface area contributed by atoms with Gasteiger partial charge in [-0.2, -0.15) is 5.10 Å². The van der Waals surface area contributed by atoms with Crippen LogP contribution in [0, 0.1) is 0 Å². The maximum Gasteiger partial charge on any atom is 0.356 e. The number of carboxylic acid groups (broad SMARTS) is 2. The molecule has 2 N–H and O–H groups in total. The van der Waals surface area contributed by atoms with Crippen LogP contribution in [-0.2, 0) is 6.61 Å². The number of carboxylic acids is 2. The molecule has 3 aromatic carbocycles. The first-order valence-corrected chi connectivity index (χ1v) is 9.94. The second-order valence-corrected chi connectivity index (χ2v) is 7.34. The molecule has 0 fully saturated rings. The zero-order valence-electron chi connectivity index (χ0n) is 16.6. The van der Waals surface area contributed by atoms with Gasteiger partial charge in [0.25, 0.3) is 0 Å². The van der Waals surface area contributed by atoms with Crippen molar-refractivity contribution in [1.29, 1.82) is 0 Å². The van der Waals surface area contributed by atoms with Crippen LogP contribution in [0.25, 0.3) is 16.9 Å². The van der Waals surface area contributed by atoms with Crippen LogP contribution in [0.1, 0.15) is 26.4 Å². The van der Waals surface area contributed by atoms with E-state index in [-0.39, 0.29) is 11.3 Å². The summed E-state index contributed by atoms with van der Waals surface area (Å²) in [6.45, 7) is 0.296. The van der Waals surface area contributed by atoms with E-state index in [0.29, 0.717) is 34.3 Å². The summed E-state index contributed by atoms with van der Waals surface area (Å²) in [6, 6.07) is 22.1. The molecule has 0 atom stereocenters. The summed E-state index contributed by atoms with van der Waals surface area (Å²) in [5.74, 6) is -1.84. The topological polar surface area (TPSA) is 102 Å². The summed E-state index contributed by atoms with van der Waals surface area (Å²) < 4.78 is 7.39. The van der Waals surface area contributed by atoms with Gasteiger partial charge in [0.1, 0.15) is 12.4 Å². The summed E-state index contributed by atoms with van der Waals surface area (Å²) in [4.78, 5) is 23.0. The van der Waals surface area contributed by atoms with Crippen LogP contribution in [-0.4, -0.2) is 31.9 Å². The second kappa shape index (κ2) is 8.95. The molecule has 0 bridgehead atoms. The van der Waals surface area contributed by atoms with Gasteiger partial charge in [-0.15, -0.1) is 0 Å². The molecule has 0 aliphatic rings. The van der Waals surface area contributed by atoms with Crippen molar-refractivity contribution < 1.29 is 24.5 Å². The monoisotopic (exact) mass is 448 g/mol. The molecule has 4 aromatic rings. The third-order valence-corrected chi connectivity index (χ3v) is 4.96. The Morgan fingerprint density at radius 1 is 0.906 bits per heavy atom. The van der Waals surface area contributed by atoms with E-state index in [1.807, 2.05) is 30.3 Å². The van der Waals surface area contributed by atoms with Gasteiger partial charge in [-0.1, -0.05) is 48.0 Å². The molecule has 1 heterocycles. The maximum atomic E-state index is 11.6. The molecule has 8 heteroatoms. The van der Waals surface area contributed by atoms with E-state index in [9.17, 15) is 19.8 Å². The highest BCUT2D eigenvalue weighted by molar-refractivity contribution is 6.31. The van der Waals surface area contributed by atoms with Crippen molar-refractivity contribution >= 4 is 23.5 Å². The lowest BCUT2D eigenvalue weighted by atomic mass is 10.1. The Labute approximate surface area is 188 Å². The highest BCUT2D eigenvalue weighted by atomic mass is 35.5. The molecule has 7 nitrogen and oxygen atoms in total. The third-order valence-electron chi connectivity index (χ3n) is 4.72. The minimum atomic E-state index is -1.21. The Morgan fingerprint density at radius 3 is 2.41 bits per heavy atom. The fraction of sp³-hybridized carbons (Fsp3) is 0.0417. The van der Waals surface area contributed by atoms with E-state index < -0.39 is 11.9 Å². The van der Waals surface area contributed by atoms with Crippen molar-refractivity contribution in [2.75, 3.05) is 0 Å². The van der Waals surface area contributed by atoms with Crippen molar-refractivity contribution in [3.8, 4) is 22.7 Å². The van der Waals surface area contributed by atoms with Crippen LogP contribution in [0.15, 0.2) is 78.9 Å². The molecule has 0 spiro atoms. The van der Waals surface area contributed by atoms with Crippen LogP contribution in [0.2, 0.25) is 5.02 Å². The molecule has 0 radical (unpaired) electrons. The van der Waals surface area contributed by atoms with E-state index in [1.165, 1.54) is 22.9 Å². The van der Waals surface area contributed by atoms with Crippen LogP contribution in [0.5, 0.6) is 5.75 Å². The number of ether oxygens (including phenoxy) is 1. The van der Waals surface area contributed by atoms with Gasteiger partial charge in [0.05, 0.1) is 16.9 Å². The lowest BCUT2D eigenvalue weighted by Gasteiger charge is -2.14. The summed E-state index contributed by atoms with van der Waals surface area (Å²) >= 11 is 6.24. The smallest absolute Gasteiger partial charge is 0.356 e. The Bertz CT molecular complexity index is 1300. The number of aromatic carboxylic acids is 2. The fourth-order valence-electron chi connectivity index (χ4n) is 3.21. The lowest BCUT2D eigenvalue weighted by molar-refractivity contribution is 0.0681. The van der Waals surface area contributed by atoms with E-state index in [2.05, 4.69) is 5.10 Å². The molecule has 160 valence electrons. The van der Waals surface area contributed by atoms with E-state index in [4.69, 9.17) is 16.3 Å². The molecule has 0 saturated heterocycles. The van der Waals surface area contributed by atoms with Crippen LogP contribution >= 0.6 is 11.6 Å². The highest BCUT2D eigenvalue weighted by Gasteiger charge is 2.20. The zero-order chi connectivity index (χ0) is 22.7. The van der Waals surface area contributed by atoms with Crippen molar-refractivity contribution in [3.05, 3.63) is 101 Å². The van der Waals surface area contributed by atoms with Gasteiger partial charge < -0.3 is 14.9 Å². The molecule has 0 aliphatic heterocycles. The molecule has 0 saturated carbocycles. The predicted molar refractivity (Wildman–Crippen MR) is 119 cm³/mol. The average Bonchev–Trinajstić information content (AvgIpc) is 3.25. The molecule has 0 amide bonds. The summed E-state index contributed by atoms with van der Waals surface area (Å²) in [6.07, 6.45) is 0. The highest BCUT2D eigenvalue weighted by Crippen LogP contribution is 2.35. The first-order valence-electron chi connectivity index (χ1n) is 9.56. The van der Waals surface area contributed by atoms with Gasteiger partial charge in [0.15, 0.2) is 5.69 Å². The number of rotatable bonds is 7. The zero-order valence-corrected chi connectivity index (χ0v) is 17.4. The Kier molecular flexibility index (Phi) is 5.91. The first-order chi connectivity index (χ1) is 15.4.